The van der Waals surface area contributed by atoms with Crippen molar-refractivity contribution < 1.29 is 0 Å². The average molecular weight is 174 g/mol. The quantitative estimate of drug-likeness (QED) is 0.615. The standard InChI is InChI=1S/C9H6N2S/c1-6-8(4-10)9-7(5-11-6)2-3-12-9/h2-3,5H,1H3. The van der Waals surface area contributed by atoms with Gasteiger partial charge in [-0.05, 0) is 18.4 Å². The fraction of sp³-hybridized carbons (Fsp3) is 0.111. The maximum Gasteiger partial charge on any atom is 0.103 e. The molecule has 0 aliphatic carbocycles. The Labute approximate surface area is 74.1 Å². The first-order chi connectivity index (χ1) is 5.83. The fourth-order valence-corrected chi connectivity index (χ4v) is 2.07. The molecule has 0 fully saturated rings. The Morgan fingerprint density at radius 3 is 3.17 bits per heavy atom. The maximum absolute atomic E-state index is 8.85. The van der Waals surface area contributed by atoms with Gasteiger partial charge in [-0.3, -0.25) is 4.98 Å². The Kier molecular flexibility index (Phi) is 1.56. The minimum atomic E-state index is 0.711. The molecule has 0 radical (unpaired) electrons. The molecule has 0 aliphatic rings. The highest BCUT2D eigenvalue weighted by Gasteiger charge is 2.05. The van der Waals surface area contributed by atoms with Crippen LogP contribution in [0, 0.1) is 18.3 Å². The summed E-state index contributed by atoms with van der Waals surface area (Å²) in [6.07, 6.45) is 1.81. The van der Waals surface area contributed by atoms with Gasteiger partial charge in [0.2, 0.25) is 0 Å². The zero-order valence-corrected chi connectivity index (χ0v) is 7.35. The van der Waals surface area contributed by atoms with Crippen LogP contribution in [0.3, 0.4) is 0 Å². The third kappa shape index (κ3) is 0.892. The van der Waals surface area contributed by atoms with Crippen LogP contribution in [0.15, 0.2) is 17.6 Å². The highest BCUT2D eigenvalue weighted by atomic mass is 32.1. The molecular weight excluding hydrogens is 168 g/mol. The average Bonchev–Trinajstić information content (AvgIpc) is 2.52. The van der Waals surface area contributed by atoms with Gasteiger partial charge in [0.25, 0.3) is 0 Å². The minimum Gasteiger partial charge on any atom is -0.259 e. The summed E-state index contributed by atoms with van der Waals surface area (Å²) >= 11 is 1.59. The predicted molar refractivity (Wildman–Crippen MR) is 49.1 cm³/mol. The van der Waals surface area contributed by atoms with Gasteiger partial charge in [0.1, 0.15) is 6.07 Å². The lowest BCUT2D eigenvalue weighted by Crippen LogP contribution is -1.85. The largest absolute Gasteiger partial charge is 0.259 e. The molecule has 0 aliphatic heterocycles. The first kappa shape index (κ1) is 7.26. The number of aromatic nitrogens is 1. The highest BCUT2D eigenvalue weighted by Crippen LogP contribution is 2.24. The van der Waals surface area contributed by atoms with Crippen LogP contribution < -0.4 is 0 Å². The molecule has 2 aromatic rings. The van der Waals surface area contributed by atoms with E-state index in [9.17, 15) is 0 Å². The molecule has 0 aromatic carbocycles. The van der Waals surface area contributed by atoms with Gasteiger partial charge in [-0.1, -0.05) is 0 Å². The van der Waals surface area contributed by atoms with E-state index in [0.29, 0.717) is 5.56 Å². The molecule has 0 N–H and O–H groups in total. The van der Waals surface area contributed by atoms with E-state index in [1.807, 2.05) is 24.6 Å². The summed E-state index contributed by atoms with van der Waals surface area (Å²) < 4.78 is 1.05. The molecule has 0 saturated heterocycles. The van der Waals surface area contributed by atoms with E-state index in [1.165, 1.54) is 0 Å². The molecule has 0 spiro atoms. The molecule has 0 atom stereocenters. The summed E-state index contributed by atoms with van der Waals surface area (Å²) in [7, 11) is 0. The lowest BCUT2D eigenvalue weighted by atomic mass is 10.2. The van der Waals surface area contributed by atoms with Crippen molar-refractivity contribution in [3.05, 3.63) is 28.9 Å². The molecule has 0 bridgehead atoms. The fourth-order valence-electron chi connectivity index (χ4n) is 1.15. The van der Waals surface area contributed by atoms with Crippen LogP contribution in [0.25, 0.3) is 10.1 Å². The molecule has 0 amide bonds. The lowest BCUT2D eigenvalue weighted by molar-refractivity contribution is 1.21. The monoisotopic (exact) mass is 174 g/mol. The van der Waals surface area contributed by atoms with Crippen molar-refractivity contribution in [3.63, 3.8) is 0 Å². The van der Waals surface area contributed by atoms with E-state index < -0.39 is 0 Å². The summed E-state index contributed by atoms with van der Waals surface area (Å²) in [6.45, 7) is 1.86. The van der Waals surface area contributed by atoms with Crippen LogP contribution in [-0.4, -0.2) is 4.98 Å². The Bertz CT molecular complexity index is 465. The second-order valence-corrected chi connectivity index (χ2v) is 3.45. The summed E-state index contributed by atoms with van der Waals surface area (Å²) in [4.78, 5) is 4.13. The van der Waals surface area contributed by atoms with Crippen molar-refractivity contribution in [3.8, 4) is 6.07 Å². The second kappa shape index (κ2) is 2.58. The molecule has 58 valence electrons. The Morgan fingerprint density at radius 2 is 2.42 bits per heavy atom. The molecule has 0 saturated carbocycles. The Balaban J connectivity index is 2.94. The summed E-state index contributed by atoms with van der Waals surface area (Å²) in [5, 5.41) is 11.9. The first-order valence-electron chi connectivity index (χ1n) is 3.56. The van der Waals surface area contributed by atoms with Crippen molar-refractivity contribution >= 4 is 21.4 Å². The topological polar surface area (TPSA) is 36.7 Å². The van der Waals surface area contributed by atoms with Gasteiger partial charge in [0.05, 0.1) is 16.0 Å². The van der Waals surface area contributed by atoms with Crippen LogP contribution in [0.1, 0.15) is 11.3 Å². The van der Waals surface area contributed by atoms with Crippen molar-refractivity contribution in [2.45, 2.75) is 6.92 Å². The van der Waals surface area contributed by atoms with E-state index >= 15 is 0 Å². The molecule has 3 heteroatoms. The highest BCUT2D eigenvalue weighted by molar-refractivity contribution is 7.17. The zero-order valence-electron chi connectivity index (χ0n) is 6.53. The molecule has 2 nitrogen and oxygen atoms in total. The lowest BCUT2D eigenvalue weighted by Gasteiger charge is -1.95. The number of nitriles is 1. The van der Waals surface area contributed by atoms with Gasteiger partial charge in [0, 0.05) is 11.6 Å². The van der Waals surface area contributed by atoms with Crippen LogP contribution in [0.4, 0.5) is 0 Å². The van der Waals surface area contributed by atoms with Crippen LogP contribution in [0.5, 0.6) is 0 Å². The van der Waals surface area contributed by atoms with Crippen LogP contribution in [-0.2, 0) is 0 Å². The van der Waals surface area contributed by atoms with Gasteiger partial charge in [0.15, 0.2) is 0 Å². The first-order valence-corrected chi connectivity index (χ1v) is 4.44. The third-order valence-corrected chi connectivity index (χ3v) is 2.74. The van der Waals surface area contributed by atoms with Crippen molar-refractivity contribution in [1.82, 2.24) is 4.98 Å². The maximum atomic E-state index is 8.85. The molecule has 2 rings (SSSR count). The summed E-state index contributed by atoms with van der Waals surface area (Å²) in [5.74, 6) is 0. The number of aryl methyl sites for hydroxylation is 1. The van der Waals surface area contributed by atoms with Gasteiger partial charge >= 0.3 is 0 Å². The number of rotatable bonds is 0. The van der Waals surface area contributed by atoms with Crippen LogP contribution in [0.2, 0.25) is 0 Å². The smallest absolute Gasteiger partial charge is 0.103 e. The normalized spacial score (nSPS) is 10.0. The van der Waals surface area contributed by atoms with Crippen LogP contribution >= 0.6 is 11.3 Å². The van der Waals surface area contributed by atoms with Gasteiger partial charge in [-0.25, -0.2) is 0 Å². The number of pyridine rings is 1. The van der Waals surface area contributed by atoms with Gasteiger partial charge < -0.3 is 0 Å². The Hall–Kier alpha value is -1.40. The number of thiophene rings is 1. The SMILES string of the molecule is Cc1ncc2ccsc2c1C#N. The molecule has 2 heterocycles. The van der Waals surface area contributed by atoms with Gasteiger partial charge in [-0.2, -0.15) is 5.26 Å². The van der Waals surface area contributed by atoms with E-state index in [2.05, 4.69) is 11.1 Å². The van der Waals surface area contributed by atoms with Gasteiger partial charge in [-0.15, -0.1) is 11.3 Å². The molecule has 2 aromatic heterocycles. The van der Waals surface area contributed by atoms with E-state index in [0.717, 1.165) is 15.8 Å². The number of fused-ring (bicyclic) bond motifs is 1. The third-order valence-electron chi connectivity index (χ3n) is 1.79. The molecular formula is C9H6N2S. The zero-order chi connectivity index (χ0) is 8.55. The predicted octanol–water partition coefficient (Wildman–Crippen LogP) is 2.48. The number of hydrogen-bond donors (Lipinski definition) is 0. The second-order valence-electron chi connectivity index (χ2n) is 2.54. The molecule has 12 heavy (non-hydrogen) atoms. The van der Waals surface area contributed by atoms with Crippen molar-refractivity contribution in [2.24, 2.45) is 0 Å². The van der Waals surface area contributed by atoms with E-state index in [4.69, 9.17) is 5.26 Å². The summed E-state index contributed by atoms with van der Waals surface area (Å²) in [6, 6.07) is 4.15. The number of hydrogen-bond acceptors (Lipinski definition) is 3. The molecule has 0 unspecified atom stereocenters. The van der Waals surface area contributed by atoms with Crippen molar-refractivity contribution in [2.75, 3.05) is 0 Å². The Morgan fingerprint density at radius 1 is 1.58 bits per heavy atom. The van der Waals surface area contributed by atoms with Crippen molar-refractivity contribution in [1.29, 1.82) is 5.26 Å². The van der Waals surface area contributed by atoms with E-state index in [1.54, 1.807) is 11.3 Å². The number of nitrogens with zero attached hydrogens (tertiary/aromatic N) is 2. The summed E-state index contributed by atoms with van der Waals surface area (Å²) in [5.41, 5.74) is 1.52. The van der Waals surface area contributed by atoms with E-state index in [-0.39, 0.29) is 0 Å². The minimum absolute atomic E-state index is 0.711.